The van der Waals surface area contributed by atoms with Gasteiger partial charge in [-0.15, -0.1) is 0 Å². The summed E-state index contributed by atoms with van der Waals surface area (Å²) >= 11 is 0. The highest BCUT2D eigenvalue weighted by molar-refractivity contribution is 6.04. The van der Waals surface area contributed by atoms with Crippen molar-refractivity contribution < 1.29 is 4.42 Å². The largest absolute Gasteiger partial charge is 0.456 e. The summed E-state index contributed by atoms with van der Waals surface area (Å²) < 4.78 is 5.65. The molecule has 0 saturated heterocycles. The molecule has 0 aliphatic carbocycles. The summed E-state index contributed by atoms with van der Waals surface area (Å²) in [6, 6.07) is 41.0. The molecule has 0 unspecified atom stereocenters. The van der Waals surface area contributed by atoms with E-state index in [0.29, 0.717) is 0 Å². The molecule has 2 heteroatoms. The molecule has 0 aliphatic heterocycles. The van der Waals surface area contributed by atoms with Gasteiger partial charge in [-0.2, -0.15) is 0 Å². The van der Waals surface area contributed by atoms with Crippen molar-refractivity contribution in [2.45, 2.75) is 0 Å². The number of para-hydroxylation sites is 2. The van der Waals surface area contributed by atoms with Crippen LogP contribution in [0.25, 0.3) is 44.3 Å². The second kappa shape index (κ2) is 8.68. The summed E-state index contributed by atoms with van der Waals surface area (Å²) in [5, 5.41) is 2.39. The molecule has 6 rings (SSSR count). The zero-order chi connectivity index (χ0) is 20.9. The predicted octanol–water partition coefficient (Wildman–Crippen LogP) is 8.00. The molecule has 0 fully saturated rings. The van der Waals surface area contributed by atoms with Gasteiger partial charge in [0.05, 0.1) is 5.69 Å². The van der Waals surface area contributed by atoms with E-state index in [1.165, 1.54) is 27.5 Å². The van der Waals surface area contributed by atoms with Crippen molar-refractivity contribution in [3.63, 3.8) is 0 Å². The molecular weight excluding hydrogens is 378 g/mol. The van der Waals surface area contributed by atoms with Crippen LogP contribution in [0.5, 0.6) is 0 Å². The molecule has 6 aromatic rings. The van der Waals surface area contributed by atoms with Crippen LogP contribution in [-0.2, 0) is 0 Å². The fourth-order valence-electron chi connectivity index (χ4n) is 3.77. The summed E-state index contributed by atoms with van der Waals surface area (Å²) in [6.07, 6.45) is 1.83. The lowest BCUT2D eigenvalue weighted by molar-refractivity contribution is 0.669. The molecule has 0 bridgehead atoms. The zero-order valence-electron chi connectivity index (χ0n) is 17.0. The highest BCUT2D eigenvalue weighted by atomic mass is 16.3. The molecule has 0 saturated carbocycles. The van der Waals surface area contributed by atoms with Crippen LogP contribution in [0.4, 0.5) is 0 Å². The molecule has 0 atom stereocenters. The maximum atomic E-state index is 5.65. The Morgan fingerprint density at radius 2 is 1.00 bits per heavy atom. The predicted molar refractivity (Wildman–Crippen MR) is 129 cm³/mol. The smallest absolute Gasteiger partial charge is 0.135 e. The van der Waals surface area contributed by atoms with Crippen molar-refractivity contribution in [1.82, 2.24) is 4.98 Å². The summed E-state index contributed by atoms with van der Waals surface area (Å²) in [5.74, 6) is 0. The Hall–Kier alpha value is -4.17. The highest BCUT2D eigenvalue weighted by Gasteiger charge is 2.06. The van der Waals surface area contributed by atoms with Crippen molar-refractivity contribution in [2.24, 2.45) is 0 Å². The summed E-state index contributed by atoms with van der Waals surface area (Å²) in [5.41, 5.74) is 6.55. The van der Waals surface area contributed by atoms with Crippen LogP contribution in [0.2, 0.25) is 0 Å². The first-order valence-corrected chi connectivity index (χ1v) is 10.3. The third kappa shape index (κ3) is 3.96. The third-order valence-electron chi connectivity index (χ3n) is 5.24. The van der Waals surface area contributed by atoms with Gasteiger partial charge < -0.3 is 4.42 Å². The van der Waals surface area contributed by atoms with Gasteiger partial charge in [0.25, 0.3) is 0 Å². The van der Waals surface area contributed by atoms with E-state index < -0.39 is 0 Å². The lowest BCUT2D eigenvalue weighted by atomic mass is 9.97. The van der Waals surface area contributed by atoms with Gasteiger partial charge in [0, 0.05) is 22.5 Å². The highest BCUT2D eigenvalue weighted by Crippen LogP contribution is 2.30. The minimum Gasteiger partial charge on any atom is -0.456 e. The second-order valence-electron chi connectivity index (χ2n) is 7.22. The Morgan fingerprint density at radius 1 is 0.452 bits per heavy atom. The molecule has 0 aliphatic rings. The lowest BCUT2D eigenvalue weighted by Gasteiger charge is -2.08. The van der Waals surface area contributed by atoms with Gasteiger partial charge in [0.1, 0.15) is 11.2 Å². The normalized spacial score (nSPS) is 10.6. The number of aromatic nitrogens is 1. The Bertz CT molecular complexity index is 1310. The van der Waals surface area contributed by atoms with Crippen LogP contribution in [0.3, 0.4) is 0 Å². The van der Waals surface area contributed by atoms with E-state index in [4.69, 9.17) is 4.42 Å². The van der Waals surface area contributed by atoms with E-state index in [1.54, 1.807) is 0 Å². The molecule has 4 aromatic carbocycles. The van der Waals surface area contributed by atoms with Gasteiger partial charge in [-0.1, -0.05) is 97.1 Å². The van der Waals surface area contributed by atoms with Crippen molar-refractivity contribution in [2.75, 3.05) is 0 Å². The van der Waals surface area contributed by atoms with E-state index in [1.807, 2.05) is 66.9 Å². The number of nitrogens with zero attached hydrogens (tertiary/aromatic N) is 1. The SMILES string of the molecule is c1ccc(-c2ccccc2-c2ccccn2)cc1.c1ccc2c(c1)oc1ccccc12. The molecule has 2 nitrogen and oxygen atoms in total. The van der Waals surface area contributed by atoms with Crippen molar-refractivity contribution in [1.29, 1.82) is 0 Å². The quantitative estimate of drug-likeness (QED) is 0.295. The fourth-order valence-corrected chi connectivity index (χ4v) is 3.77. The van der Waals surface area contributed by atoms with Crippen LogP contribution < -0.4 is 0 Å². The topological polar surface area (TPSA) is 26.0 Å². The first-order valence-electron chi connectivity index (χ1n) is 10.3. The second-order valence-corrected chi connectivity index (χ2v) is 7.22. The third-order valence-corrected chi connectivity index (χ3v) is 5.24. The number of rotatable bonds is 2. The zero-order valence-corrected chi connectivity index (χ0v) is 17.0. The monoisotopic (exact) mass is 399 g/mol. The molecule has 31 heavy (non-hydrogen) atoms. The maximum absolute atomic E-state index is 5.65. The number of fused-ring (bicyclic) bond motifs is 3. The van der Waals surface area contributed by atoms with Gasteiger partial charge in [0.15, 0.2) is 0 Å². The standard InChI is InChI=1S/C17H13N.C12H8O/c1-2-8-14(9-3-1)15-10-4-5-11-16(15)17-12-6-7-13-18-17;1-3-7-11-9(5-1)10-6-2-4-8-12(10)13-11/h1-13H;1-8H. The fraction of sp³-hybridized carbons (Fsp3) is 0. The van der Waals surface area contributed by atoms with Gasteiger partial charge in [-0.3, -0.25) is 4.98 Å². The van der Waals surface area contributed by atoms with Crippen LogP contribution >= 0.6 is 0 Å². The molecule has 2 heterocycles. The van der Waals surface area contributed by atoms with Crippen LogP contribution in [0, 0.1) is 0 Å². The van der Waals surface area contributed by atoms with Crippen molar-refractivity contribution in [3.05, 3.63) is 128 Å². The first-order chi connectivity index (χ1) is 15.4. The van der Waals surface area contributed by atoms with Gasteiger partial charge in [-0.05, 0) is 35.4 Å². The summed E-state index contributed by atoms with van der Waals surface area (Å²) in [7, 11) is 0. The molecule has 2 aromatic heterocycles. The Balaban J connectivity index is 0.000000138. The number of pyridine rings is 1. The summed E-state index contributed by atoms with van der Waals surface area (Å²) in [4.78, 5) is 4.44. The Morgan fingerprint density at radius 3 is 1.65 bits per heavy atom. The minimum atomic E-state index is 0.962. The lowest BCUT2D eigenvalue weighted by Crippen LogP contribution is -1.86. The van der Waals surface area contributed by atoms with Gasteiger partial charge >= 0.3 is 0 Å². The average molecular weight is 399 g/mol. The van der Waals surface area contributed by atoms with Gasteiger partial charge in [0.2, 0.25) is 0 Å². The van der Waals surface area contributed by atoms with E-state index in [0.717, 1.165) is 16.9 Å². The molecule has 0 spiro atoms. The Kier molecular flexibility index (Phi) is 5.27. The van der Waals surface area contributed by atoms with E-state index in [-0.39, 0.29) is 0 Å². The van der Waals surface area contributed by atoms with E-state index in [2.05, 4.69) is 65.6 Å². The molecule has 0 amide bonds. The maximum Gasteiger partial charge on any atom is 0.135 e. The number of hydrogen-bond acceptors (Lipinski definition) is 2. The van der Waals surface area contributed by atoms with Crippen molar-refractivity contribution in [3.8, 4) is 22.4 Å². The molecular formula is C29H21NO. The molecule has 148 valence electrons. The van der Waals surface area contributed by atoms with Gasteiger partial charge in [-0.25, -0.2) is 0 Å². The van der Waals surface area contributed by atoms with Crippen LogP contribution in [-0.4, -0.2) is 4.98 Å². The Labute approximate surface area is 181 Å². The number of furan rings is 1. The van der Waals surface area contributed by atoms with Crippen LogP contribution in [0.15, 0.2) is 132 Å². The number of benzene rings is 4. The van der Waals surface area contributed by atoms with Crippen molar-refractivity contribution >= 4 is 21.9 Å². The molecule has 0 N–H and O–H groups in total. The van der Waals surface area contributed by atoms with E-state index in [9.17, 15) is 0 Å². The first kappa shape index (κ1) is 18.8. The number of hydrogen-bond donors (Lipinski definition) is 0. The minimum absolute atomic E-state index is 0.962. The molecule has 0 radical (unpaired) electrons. The summed E-state index contributed by atoms with van der Waals surface area (Å²) in [6.45, 7) is 0. The van der Waals surface area contributed by atoms with E-state index >= 15 is 0 Å². The van der Waals surface area contributed by atoms with Crippen LogP contribution in [0.1, 0.15) is 0 Å². The average Bonchev–Trinajstić information content (AvgIpc) is 3.24.